The van der Waals surface area contributed by atoms with Crippen LogP contribution in [0.4, 0.5) is 5.69 Å². The second kappa shape index (κ2) is 4.28. The Balaban J connectivity index is 2.21. The van der Waals surface area contributed by atoms with Crippen LogP contribution in [0.5, 0.6) is 0 Å². The van der Waals surface area contributed by atoms with Crippen molar-refractivity contribution < 1.29 is 4.79 Å². The predicted octanol–water partition coefficient (Wildman–Crippen LogP) is 1.39. The zero-order valence-electron chi connectivity index (χ0n) is 8.48. The molecule has 0 unspecified atom stereocenters. The molecule has 1 amide bonds. The fourth-order valence-corrected chi connectivity index (χ4v) is 1.98. The molecule has 16 heavy (non-hydrogen) atoms. The monoisotopic (exact) mass is 235 g/mol. The lowest BCUT2D eigenvalue weighted by atomic mass is 10.3. The van der Waals surface area contributed by atoms with E-state index in [1.807, 2.05) is 0 Å². The third-order valence-electron chi connectivity index (χ3n) is 1.95. The number of amides is 1. The summed E-state index contributed by atoms with van der Waals surface area (Å²) in [6, 6.07) is 3.46. The van der Waals surface area contributed by atoms with Crippen LogP contribution in [0.15, 0.2) is 29.3 Å². The summed E-state index contributed by atoms with van der Waals surface area (Å²) in [5.74, 6) is -0.297. The minimum atomic E-state index is -0.297. The number of aryl methyl sites for hydroxylation is 1. The number of hydrogen-bond donors (Lipinski definition) is 2. The first-order chi connectivity index (χ1) is 7.66. The Bertz CT molecular complexity index is 559. The van der Waals surface area contributed by atoms with Gasteiger partial charge in [-0.1, -0.05) is 11.3 Å². The minimum Gasteiger partial charge on any atom is -0.320 e. The molecule has 2 aromatic heterocycles. The van der Waals surface area contributed by atoms with Crippen molar-refractivity contribution in [2.45, 2.75) is 6.92 Å². The number of anilines is 1. The van der Waals surface area contributed by atoms with Crippen molar-refractivity contribution in [3.8, 4) is 0 Å². The fourth-order valence-electron chi connectivity index (χ4n) is 1.25. The Labute approximate surface area is 95.2 Å². The fraction of sp³-hybridized carbons (Fsp3) is 0.100. The molecule has 6 heteroatoms. The highest BCUT2D eigenvalue weighted by Crippen LogP contribution is 2.11. The van der Waals surface area contributed by atoms with E-state index in [1.54, 1.807) is 31.5 Å². The van der Waals surface area contributed by atoms with E-state index in [2.05, 4.69) is 15.3 Å². The summed E-state index contributed by atoms with van der Waals surface area (Å²) >= 11 is 0.898. The van der Waals surface area contributed by atoms with Gasteiger partial charge in [0.2, 0.25) is 0 Å². The van der Waals surface area contributed by atoms with Crippen LogP contribution in [0.1, 0.15) is 15.4 Å². The molecule has 2 rings (SSSR count). The Morgan fingerprint density at radius 3 is 2.94 bits per heavy atom. The lowest BCUT2D eigenvalue weighted by molar-refractivity contribution is 0.103. The minimum absolute atomic E-state index is 0.228. The van der Waals surface area contributed by atoms with Gasteiger partial charge in [0.1, 0.15) is 4.88 Å². The number of aromatic nitrogens is 2. The first kappa shape index (κ1) is 10.6. The quantitative estimate of drug-likeness (QED) is 0.826. The normalized spacial score (nSPS) is 10.1. The molecule has 0 atom stereocenters. The molecule has 2 aromatic rings. The van der Waals surface area contributed by atoms with Crippen molar-refractivity contribution >= 4 is 22.9 Å². The summed E-state index contributed by atoms with van der Waals surface area (Å²) in [6.45, 7) is 1.69. The number of pyridine rings is 1. The summed E-state index contributed by atoms with van der Waals surface area (Å²) in [4.78, 5) is 29.4. The van der Waals surface area contributed by atoms with Crippen LogP contribution in [0, 0.1) is 6.92 Å². The molecule has 82 valence electrons. The van der Waals surface area contributed by atoms with E-state index in [4.69, 9.17) is 0 Å². The lowest BCUT2D eigenvalue weighted by Gasteiger charge is -2.02. The Morgan fingerprint density at radius 2 is 2.38 bits per heavy atom. The first-order valence-corrected chi connectivity index (χ1v) is 5.39. The van der Waals surface area contributed by atoms with Crippen LogP contribution in [0.3, 0.4) is 0 Å². The summed E-state index contributed by atoms with van der Waals surface area (Å²) in [6.07, 6.45) is 3.16. The van der Waals surface area contributed by atoms with Crippen LogP contribution < -0.4 is 10.2 Å². The van der Waals surface area contributed by atoms with E-state index in [1.165, 1.54) is 0 Å². The molecule has 0 aliphatic carbocycles. The molecule has 2 N–H and O–H groups in total. The van der Waals surface area contributed by atoms with E-state index in [0.717, 1.165) is 11.3 Å². The highest BCUT2D eigenvalue weighted by Gasteiger charge is 2.12. The van der Waals surface area contributed by atoms with Gasteiger partial charge in [0.05, 0.1) is 11.9 Å². The SMILES string of the molecule is Cc1[nH]c(=O)sc1C(=O)Nc1cccnc1. The van der Waals surface area contributed by atoms with Crippen LogP contribution >= 0.6 is 11.3 Å². The standard InChI is InChI=1S/C10H9N3O2S/c1-6-8(16-10(15)12-6)9(14)13-7-3-2-4-11-5-7/h2-5H,1H3,(H,12,15)(H,13,14). The van der Waals surface area contributed by atoms with Crippen molar-refractivity contribution in [1.29, 1.82) is 0 Å². The number of hydrogen-bond acceptors (Lipinski definition) is 4. The molecule has 0 radical (unpaired) electrons. The molecule has 0 fully saturated rings. The smallest absolute Gasteiger partial charge is 0.305 e. The molecular formula is C10H9N3O2S. The number of thiazole rings is 1. The molecule has 0 saturated carbocycles. The topological polar surface area (TPSA) is 74.8 Å². The maximum Gasteiger partial charge on any atom is 0.305 e. The van der Waals surface area contributed by atoms with Crippen LogP contribution in [0.2, 0.25) is 0 Å². The van der Waals surface area contributed by atoms with Gasteiger partial charge in [-0.15, -0.1) is 0 Å². The van der Waals surface area contributed by atoms with E-state index in [9.17, 15) is 9.59 Å². The van der Waals surface area contributed by atoms with E-state index in [0.29, 0.717) is 16.3 Å². The van der Waals surface area contributed by atoms with E-state index >= 15 is 0 Å². The highest BCUT2D eigenvalue weighted by atomic mass is 32.1. The van der Waals surface area contributed by atoms with Crippen molar-refractivity contribution in [1.82, 2.24) is 9.97 Å². The number of rotatable bonds is 2. The average molecular weight is 235 g/mol. The van der Waals surface area contributed by atoms with Crippen molar-refractivity contribution in [2.75, 3.05) is 5.32 Å². The van der Waals surface area contributed by atoms with Gasteiger partial charge in [-0.2, -0.15) is 0 Å². The summed E-state index contributed by atoms with van der Waals surface area (Å²) < 4.78 is 0. The first-order valence-electron chi connectivity index (χ1n) is 4.58. The van der Waals surface area contributed by atoms with Crippen LogP contribution in [-0.2, 0) is 0 Å². The second-order valence-electron chi connectivity index (χ2n) is 3.16. The van der Waals surface area contributed by atoms with Gasteiger partial charge in [0, 0.05) is 11.9 Å². The molecule has 0 saturated heterocycles. The zero-order valence-corrected chi connectivity index (χ0v) is 9.30. The number of aromatic amines is 1. The molecular weight excluding hydrogens is 226 g/mol. The number of nitrogens with zero attached hydrogens (tertiary/aromatic N) is 1. The van der Waals surface area contributed by atoms with Gasteiger partial charge in [-0.05, 0) is 19.1 Å². The lowest BCUT2D eigenvalue weighted by Crippen LogP contribution is -2.11. The van der Waals surface area contributed by atoms with Crippen molar-refractivity contribution in [3.05, 3.63) is 44.8 Å². The molecule has 0 spiro atoms. The summed E-state index contributed by atoms with van der Waals surface area (Å²) in [5, 5.41) is 2.66. The molecule has 2 heterocycles. The van der Waals surface area contributed by atoms with Gasteiger partial charge < -0.3 is 10.3 Å². The van der Waals surface area contributed by atoms with Crippen LogP contribution in [0.25, 0.3) is 0 Å². The van der Waals surface area contributed by atoms with Gasteiger partial charge in [0.15, 0.2) is 0 Å². The average Bonchev–Trinajstić information content (AvgIpc) is 2.59. The van der Waals surface area contributed by atoms with Gasteiger partial charge in [-0.3, -0.25) is 14.6 Å². The summed E-state index contributed by atoms with van der Waals surface area (Å²) in [7, 11) is 0. The Morgan fingerprint density at radius 1 is 1.56 bits per heavy atom. The number of nitrogens with one attached hydrogen (secondary N) is 2. The Kier molecular flexibility index (Phi) is 2.82. The number of H-pyrrole nitrogens is 1. The molecule has 0 aliphatic rings. The summed E-state index contributed by atoms with van der Waals surface area (Å²) in [5.41, 5.74) is 1.18. The molecule has 0 aliphatic heterocycles. The van der Waals surface area contributed by atoms with E-state index < -0.39 is 0 Å². The maximum atomic E-state index is 11.8. The van der Waals surface area contributed by atoms with Gasteiger partial charge >= 0.3 is 4.87 Å². The maximum absolute atomic E-state index is 11.8. The largest absolute Gasteiger partial charge is 0.320 e. The number of carbonyl (C=O) groups is 1. The molecule has 0 aromatic carbocycles. The number of carbonyl (C=O) groups excluding carboxylic acids is 1. The van der Waals surface area contributed by atoms with E-state index in [-0.39, 0.29) is 10.8 Å². The highest BCUT2D eigenvalue weighted by molar-refractivity contribution is 7.11. The van der Waals surface area contributed by atoms with Gasteiger partial charge in [-0.25, -0.2) is 0 Å². The second-order valence-corrected chi connectivity index (χ2v) is 4.15. The predicted molar refractivity (Wildman–Crippen MR) is 61.9 cm³/mol. The third kappa shape index (κ3) is 2.17. The Hall–Kier alpha value is -1.95. The zero-order chi connectivity index (χ0) is 11.5. The third-order valence-corrected chi connectivity index (χ3v) is 2.93. The molecule has 0 bridgehead atoms. The van der Waals surface area contributed by atoms with Crippen molar-refractivity contribution in [3.63, 3.8) is 0 Å². The van der Waals surface area contributed by atoms with Crippen molar-refractivity contribution in [2.24, 2.45) is 0 Å². The molecule has 5 nitrogen and oxygen atoms in total. The van der Waals surface area contributed by atoms with Gasteiger partial charge in [0.25, 0.3) is 5.91 Å². The van der Waals surface area contributed by atoms with Crippen LogP contribution in [-0.4, -0.2) is 15.9 Å².